The lowest BCUT2D eigenvalue weighted by Gasteiger charge is -2.16. The van der Waals surface area contributed by atoms with Gasteiger partial charge in [-0.1, -0.05) is 18.2 Å². The van der Waals surface area contributed by atoms with Crippen LogP contribution in [0.4, 0.5) is 0 Å². The maximum Gasteiger partial charge on any atom is 0.203 e. The molecule has 0 radical (unpaired) electrons. The molecule has 2 N–H and O–H groups in total. The van der Waals surface area contributed by atoms with Gasteiger partial charge in [0.25, 0.3) is 0 Å². The average Bonchev–Trinajstić information content (AvgIpc) is 3.20. The van der Waals surface area contributed by atoms with Gasteiger partial charge < -0.3 is 24.8 Å². The molecule has 0 amide bonds. The first-order valence-corrected chi connectivity index (χ1v) is 9.52. The summed E-state index contributed by atoms with van der Waals surface area (Å²) >= 11 is 0. The zero-order chi connectivity index (χ0) is 19.9. The van der Waals surface area contributed by atoms with E-state index in [2.05, 4.69) is 33.8 Å². The number of aryl methyl sites for hydroxylation is 2. The van der Waals surface area contributed by atoms with Crippen molar-refractivity contribution in [2.24, 2.45) is 4.99 Å². The summed E-state index contributed by atoms with van der Waals surface area (Å²) in [7, 11) is 6.60. The van der Waals surface area contributed by atoms with E-state index in [1.807, 2.05) is 12.1 Å². The fourth-order valence-corrected chi connectivity index (χ4v) is 3.56. The van der Waals surface area contributed by atoms with E-state index in [0.29, 0.717) is 23.8 Å². The molecule has 0 atom stereocenters. The highest BCUT2D eigenvalue weighted by molar-refractivity contribution is 14.0. The van der Waals surface area contributed by atoms with Crippen molar-refractivity contribution in [2.75, 3.05) is 28.4 Å². The van der Waals surface area contributed by atoms with E-state index < -0.39 is 0 Å². The number of nitrogens with zero attached hydrogens (tertiary/aromatic N) is 1. The van der Waals surface area contributed by atoms with Gasteiger partial charge in [0, 0.05) is 20.1 Å². The summed E-state index contributed by atoms with van der Waals surface area (Å²) in [5, 5.41) is 6.71. The molecule has 0 bridgehead atoms. The Morgan fingerprint density at radius 3 is 2.07 bits per heavy atom. The number of ether oxygens (including phenoxy) is 3. The second-order valence-corrected chi connectivity index (χ2v) is 6.77. The maximum atomic E-state index is 5.42. The molecule has 1 aliphatic carbocycles. The van der Waals surface area contributed by atoms with Crippen LogP contribution >= 0.6 is 24.0 Å². The predicted octanol–water partition coefficient (Wildman–Crippen LogP) is 3.68. The fourth-order valence-electron chi connectivity index (χ4n) is 3.56. The molecule has 0 aliphatic heterocycles. The number of aliphatic imine (C=N–C) groups is 1. The molecule has 0 heterocycles. The average molecular weight is 511 g/mol. The first-order valence-electron chi connectivity index (χ1n) is 9.52. The van der Waals surface area contributed by atoms with Crippen molar-refractivity contribution in [2.45, 2.75) is 32.4 Å². The molecule has 29 heavy (non-hydrogen) atoms. The van der Waals surface area contributed by atoms with Crippen LogP contribution < -0.4 is 24.8 Å². The van der Waals surface area contributed by atoms with E-state index in [4.69, 9.17) is 14.2 Å². The zero-order valence-electron chi connectivity index (χ0n) is 17.5. The van der Waals surface area contributed by atoms with E-state index in [-0.39, 0.29) is 24.0 Å². The SMILES string of the molecule is CN=C(NCc1ccc2c(c1)CCC2)NCc1cc(OC)c(OC)c(OC)c1.I. The molecule has 158 valence electrons. The van der Waals surface area contributed by atoms with Crippen molar-refractivity contribution >= 4 is 29.9 Å². The van der Waals surface area contributed by atoms with Crippen LogP contribution in [-0.4, -0.2) is 34.3 Å². The summed E-state index contributed by atoms with van der Waals surface area (Å²) < 4.78 is 16.2. The molecule has 7 heteroatoms. The standard InChI is InChI=1S/C22H29N3O3.HI/c1-23-22(24-13-15-8-9-17-6-5-7-18(17)10-15)25-14-16-11-19(26-2)21(28-4)20(12-16)27-3;/h8-12H,5-7,13-14H2,1-4H3,(H2,23,24,25);1H. The number of rotatable bonds is 7. The lowest BCUT2D eigenvalue weighted by atomic mass is 10.1. The van der Waals surface area contributed by atoms with Gasteiger partial charge >= 0.3 is 0 Å². The van der Waals surface area contributed by atoms with Crippen molar-refractivity contribution in [3.63, 3.8) is 0 Å². The highest BCUT2D eigenvalue weighted by Gasteiger charge is 2.14. The third kappa shape index (κ3) is 5.68. The van der Waals surface area contributed by atoms with Crippen LogP contribution in [0.3, 0.4) is 0 Å². The van der Waals surface area contributed by atoms with Crippen molar-refractivity contribution in [3.8, 4) is 17.2 Å². The minimum absolute atomic E-state index is 0. The number of methoxy groups -OCH3 is 3. The summed E-state index contributed by atoms with van der Waals surface area (Å²) in [6, 6.07) is 10.6. The highest BCUT2D eigenvalue weighted by Crippen LogP contribution is 2.38. The Morgan fingerprint density at radius 1 is 0.862 bits per heavy atom. The van der Waals surface area contributed by atoms with Crippen LogP contribution in [0.2, 0.25) is 0 Å². The monoisotopic (exact) mass is 511 g/mol. The minimum atomic E-state index is 0. The normalized spacial score (nSPS) is 12.6. The van der Waals surface area contributed by atoms with Crippen LogP contribution in [0.15, 0.2) is 35.3 Å². The van der Waals surface area contributed by atoms with Crippen molar-refractivity contribution < 1.29 is 14.2 Å². The van der Waals surface area contributed by atoms with Crippen molar-refractivity contribution in [1.82, 2.24) is 10.6 Å². The van der Waals surface area contributed by atoms with Gasteiger partial charge in [0.2, 0.25) is 5.75 Å². The maximum absolute atomic E-state index is 5.42. The third-order valence-electron chi connectivity index (χ3n) is 5.03. The Labute approximate surface area is 190 Å². The van der Waals surface area contributed by atoms with Crippen LogP contribution in [-0.2, 0) is 25.9 Å². The van der Waals surface area contributed by atoms with Gasteiger partial charge in [-0.05, 0) is 53.6 Å². The summed E-state index contributed by atoms with van der Waals surface area (Å²) in [6.45, 7) is 1.32. The molecule has 2 aromatic rings. The number of benzene rings is 2. The number of hydrogen-bond donors (Lipinski definition) is 2. The van der Waals surface area contributed by atoms with Gasteiger partial charge in [0.05, 0.1) is 21.3 Å². The molecule has 1 aliphatic rings. The predicted molar refractivity (Wildman–Crippen MR) is 127 cm³/mol. The third-order valence-corrected chi connectivity index (χ3v) is 5.03. The Morgan fingerprint density at radius 2 is 1.48 bits per heavy atom. The fraction of sp³-hybridized carbons (Fsp3) is 0.409. The number of fused-ring (bicyclic) bond motifs is 1. The molecule has 6 nitrogen and oxygen atoms in total. The molecule has 0 fully saturated rings. The Kier molecular flexibility index (Phi) is 8.88. The molecule has 0 saturated heterocycles. The molecule has 3 rings (SSSR count). The molecule has 0 aromatic heterocycles. The summed E-state index contributed by atoms with van der Waals surface area (Å²) in [6.07, 6.45) is 3.67. The van der Waals surface area contributed by atoms with Gasteiger partial charge in [0.1, 0.15) is 0 Å². The smallest absolute Gasteiger partial charge is 0.203 e. The van der Waals surface area contributed by atoms with Gasteiger partial charge in [-0.2, -0.15) is 0 Å². The minimum Gasteiger partial charge on any atom is -0.493 e. The topological polar surface area (TPSA) is 64.1 Å². The molecule has 0 spiro atoms. The number of nitrogens with one attached hydrogen (secondary N) is 2. The van der Waals surface area contributed by atoms with Gasteiger partial charge in [0.15, 0.2) is 17.5 Å². The summed E-state index contributed by atoms with van der Waals surface area (Å²) in [5.41, 5.74) is 5.26. The molecule has 2 aromatic carbocycles. The van der Waals surface area contributed by atoms with E-state index >= 15 is 0 Å². The molecule has 0 unspecified atom stereocenters. The molecular weight excluding hydrogens is 481 g/mol. The van der Waals surface area contributed by atoms with Crippen molar-refractivity contribution in [3.05, 3.63) is 52.6 Å². The number of guanidine groups is 1. The largest absolute Gasteiger partial charge is 0.493 e. The second-order valence-electron chi connectivity index (χ2n) is 6.77. The van der Waals surface area contributed by atoms with E-state index in [1.165, 1.54) is 36.0 Å². The lowest BCUT2D eigenvalue weighted by Crippen LogP contribution is -2.36. The number of hydrogen-bond acceptors (Lipinski definition) is 4. The first kappa shape index (κ1) is 23.1. The van der Waals surface area contributed by atoms with E-state index in [1.54, 1.807) is 28.4 Å². The Balaban J connectivity index is 0.00000300. The number of halogens is 1. The quantitative estimate of drug-likeness (QED) is 0.338. The lowest BCUT2D eigenvalue weighted by molar-refractivity contribution is 0.323. The van der Waals surface area contributed by atoms with E-state index in [0.717, 1.165) is 18.1 Å². The molecule has 0 saturated carbocycles. The zero-order valence-corrected chi connectivity index (χ0v) is 19.8. The second kappa shape index (κ2) is 11.1. The van der Waals surface area contributed by atoms with Crippen LogP contribution in [0.1, 0.15) is 28.7 Å². The van der Waals surface area contributed by atoms with Crippen LogP contribution in [0.5, 0.6) is 17.2 Å². The van der Waals surface area contributed by atoms with Gasteiger partial charge in [-0.3, -0.25) is 4.99 Å². The summed E-state index contributed by atoms with van der Waals surface area (Å²) in [4.78, 5) is 4.32. The van der Waals surface area contributed by atoms with E-state index in [9.17, 15) is 0 Å². The van der Waals surface area contributed by atoms with Crippen LogP contribution in [0.25, 0.3) is 0 Å². The molecular formula is C22H30IN3O3. The summed E-state index contributed by atoms with van der Waals surface area (Å²) in [5.74, 6) is 2.61. The van der Waals surface area contributed by atoms with Gasteiger partial charge in [-0.25, -0.2) is 0 Å². The van der Waals surface area contributed by atoms with Crippen LogP contribution in [0, 0.1) is 0 Å². The van der Waals surface area contributed by atoms with Crippen molar-refractivity contribution in [1.29, 1.82) is 0 Å². The first-order chi connectivity index (χ1) is 13.7. The van der Waals surface area contributed by atoms with Gasteiger partial charge in [-0.15, -0.1) is 24.0 Å². The Hall–Kier alpha value is -2.16. The highest BCUT2D eigenvalue weighted by atomic mass is 127. The Bertz CT molecular complexity index is 830.